The van der Waals surface area contributed by atoms with E-state index in [1.54, 1.807) is 6.07 Å². The van der Waals surface area contributed by atoms with E-state index in [1.807, 2.05) is 24.3 Å². The number of halogens is 1. The molecule has 0 aliphatic rings. The van der Waals surface area contributed by atoms with Crippen LogP contribution in [0.25, 0.3) is 32.7 Å². The smallest absolute Gasteiger partial charge is 0.141 e. The summed E-state index contributed by atoms with van der Waals surface area (Å²) in [6.45, 7) is 0. The lowest BCUT2D eigenvalue weighted by Crippen LogP contribution is -1.86. The van der Waals surface area contributed by atoms with E-state index in [1.165, 1.54) is 28.3 Å². The molecule has 4 aromatic rings. The highest BCUT2D eigenvalue weighted by Crippen LogP contribution is 2.30. The monoisotopic (exact) mass is 297 g/mol. The van der Waals surface area contributed by atoms with E-state index < -0.39 is 5.82 Å². The predicted molar refractivity (Wildman–Crippen MR) is 91.6 cm³/mol. The molecule has 0 aliphatic carbocycles. The zero-order valence-electron chi connectivity index (χ0n) is 12.3. The fourth-order valence-electron chi connectivity index (χ4n) is 2.98. The highest BCUT2D eigenvalue weighted by atomic mass is 19.1. The van der Waals surface area contributed by atoms with Crippen LogP contribution in [0.2, 0.25) is 0 Å². The van der Waals surface area contributed by atoms with Gasteiger partial charge in [0.1, 0.15) is 11.9 Å². The van der Waals surface area contributed by atoms with Crippen molar-refractivity contribution in [2.75, 3.05) is 0 Å². The molecule has 108 valence electrons. The Hall–Kier alpha value is -3.18. The van der Waals surface area contributed by atoms with E-state index in [0.717, 1.165) is 16.5 Å². The van der Waals surface area contributed by atoms with Crippen LogP contribution in [0, 0.1) is 17.1 Å². The minimum atomic E-state index is -0.483. The van der Waals surface area contributed by atoms with Gasteiger partial charge in [-0.2, -0.15) is 5.26 Å². The molecule has 0 aromatic heterocycles. The molecule has 0 unspecified atom stereocenters. The van der Waals surface area contributed by atoms with E-state index in [4.69, 9.17) is 5.26 Å². The number of fused-ring (bicyclic) bond motifs is 3. The van der Waals surface area contributed by atoms with E-state index in [0.29, 0.717) is 0 Å². The Balaban J connectivity index is 1.91. The van der Waals surface area contributed by atoms with Crippen molar-refractivity contribution in [3.63, 3.8) is 0 Å². The van der Waals surface area contributed by atoms with Gasteiger partial charge in [0.25, 0.3) is 0 Å². The van der Waals surface area contributed by atoms with E-state index in [2.05, 4.69) is 36.4 Å². The van der Waals surface area contributed by atoms with Crippen LogP contribution in [0.5, 0.6) is 0 Å². The predicted octanol–water partition coefficient (Wildman–Crippen LogP) is 5.67. The van der Waals surface area contributed by atoms with Crippen molar-refractivity contribution in [2.24, 2.45) is 0 Å². The number of nitriles is 1. The number of benzene rings is 4. The number of rotatable bonds is 1. The second kappa shape index (κ2) is 5.23. The molecule has 23 heavy (non-hydrogen) atoms. The molecule has 0 amide bonds. The normalized spacial score (nSPS) is 10.8. The van der Waals surface area contributed by atoms with Gasteiger partial charge in [-0.15, -0.1) is 0 Å². The van der Waals surface area contributed by atoms with Gasteiger partial charge in [-0.1, -0.05) is 54.6 Å². The molecule has 0 heterocycles. The third kappa shape index (κ3) is 2.23. The molecule has 4 rings (SSSR count). The highest BCUT2D eigenvalue weighted by molar-refractivity contribution is 6.08. The summed E-state index contributed by atoms with van der Waals surface area (Å²) < 4.78 is 13.8. The first-order valence-corrected chi connectivity index (χ1v) is 7.38. The minimum absolute atomic E-state index is 0.0699. The van der Waals surface area contributed by atoms with Crippen molar-refractivity contribution in [2.45, 2.75) is 0 Å². The maximum Gasteiger partial charge on any atom is 0.141 e. The molecule has 0 saturated carbocycles. The van der Waals surface area contributed by atoms with E-state index in [-0.39, 0.29) is 5.56 Å². The van der Waals surface area contributed by atoms with Crippen LogP contribution in [-0.4, -0.2) is 0 Å². The van der Waals surface area contributed by atoms with Gasteiger partial charge in [0.15, 0.2) is 0 Å². The van der Waals surface area contributed by atoms with Gasteiger partial charge in [-0.3, -0.25) is 0 Å². The molecule has 0 atom stereocenters. The molecule has 2 heteroatoms. The first-order valence-electron chi connectivity index (χ1n) is 7.38. The van der Waals surface area contributed by atoms with Gasteiger partial charge in [-0.25, -0.2) is 4.39 Å². The number of nitrogens with zero attached hydrogens (tertiary/aromatic N) is 1. The minimum Gasteiger partial charge on any atom is -0.206 e. The fourth-order valence-corrected chi connectivity index (χ4v) is 2.98. The Labute approximate surface area is 133 Å². The Bertz CT molecular complexity index is 1090. The average Bonchev–Trinajstić information content (AvgIpc) is 2.61. The van der Waals surface area contributed by atoms with Crippen LogP contribution in [-0.2, 0) is 0 Å². The zero-order valence-corrected chi connectivity index (χ0v) is 12.3. The topological polar surface area (TPSA) is 23.8 Å². The van der Waals surface area contributed by atoms with Crippen LogP contribution < -0.4 is 0 Å². The summed E-state index contributed by atoms with van der Waals surface area (Å²) in [5, 5.41) is 13.5. The summed E-state index contributed by atoms with van der Waals surface area (Å²) in [5.74, 6) is -0.483. The highest BCUT2D eigenvalue weighted by Gasteiger charge is 2.06. The molecule has 0 bridgehead atoms. The summed E-state index contributed by atoms with van der Waals surface area (Å²) >= 11 is 0. The first kappa shape index (κ1) is 13.5. The largest absolute Gasteiger partial charge is 0.206 e. The Kier molecular flexibility index (Phi) is 3.06. The van der Waals surface area contributed by atoms with Crippen LogP contribution in [0.15, 0.2) is 72.8 Å². The van der Waals surface area contributed by atoms with Gasteiger partial charge in [0.05, 0.1) is 5.56 Å². The van der Waals surface area contributed by atoms with Crippen molar-refractivity contribution >= 4 is 21.5 Å². The summed E-state index contributed by atoms with van der Waals surface area (Å²) in [4.78, 5) is 0. The molecule has 0 fully saturated rings. The van der Waals surface area contributed by atoms with Crippen molar-refractivity contribution in [1.29, 1.82) is 5.26 Å². The molecule has 1 nitrogen and oxygen atoms in total. The Morgan fingerprint density at radius 1 is 0.696 bits per heavy atom. The lowest BCUT2D eigenvalue weighted by molar-refractivity contribution is 0.624. The lowest BCUT2D eigenvalue weighted by atomic mass is 9.97. The third-order valence-electron chi connectivity index (χ3n) is 4.17. The summed E-state index contributed by atoms with van der Waals surface area (Å²) in [6, 6.07) is 25.1. The van der Waals surface area contributed by atoms with Crippen LogP contribution >= 0.6 is 0 Å². The average molecular weight is 297 g/mol. The van der Waals surface area contributed by atoms with Crippen molar-refractivity contribution in [1.82, 2.24) is 0 Å². The zero-order chi connectivity index (χ0) is 15.8. The maximum absolute atomic E-state index is 13.8. The number of hydrogen-bond donors (Lipinski definition) is 0. The summed E-state index contributed by atoms with van der Waals surface area (Å²) in [6.07, 6.45) is 0. The van der Waals surface area contributed by atoms with Crippen molar-refractivity contribution in [3.8, 4) is 17.2 Å². The SMILES string of the molecule is N#Cc1ccc(-c2ccc3c(ccc4ccccc43)c2)cc1F. The molecule has 4 aromatic carbocycles. The van der Waals surface area contributed by atoms with Gasteiger partial charge < -0.3 is 0 Å². The Morgan fingerprint density at radius 2 is 1.39 bits per heavy atom. The van der Waals surface area contributed by atoms with E-state index >= 15 is 0 Å². The fraction of sp³-hybridized carbons (Fsp3) is 0. The lowest BCUT2D eigenvalue weighted by Gasteiger charge is -2.07. The first-order chi connectivity index (χ1) is 11.3. The standard InChI is InChI=1S/C21H12FN/c22-21-12-16(6-8-18(21)13-23)15-9-10-20-17(11-15)7-5-14-3-1-2-4-19(14)20/h1-12H. The van der Waals surface area contributed by atoms with Crippen LogP contribution in [0.4, 0.5) is 4.39 Å². The van der Waals surface area contributed by atoms with Crippen LogP contribution in [0.3, 0.4) is 0 Å². The summed E-state index contributed by atoms with van der Waals surface area (Å²) in [7, 11) is 0. The third-order valence-corrected chi connectivity index (χ3v) is 4.17. The van der Waals surface area contributed by atoms with Gasteiger partial charge in [-0.05, 0) is 50.9 Å². The molecule has 0 N–H and O–H groups in total. The second-order valence-corrected chi connectivity index (χ2v) is 5.53. The van der Waals surface area contributed by atoms with Gasteiger partial charge in [0.2, 0.25) is 0 Å². The van der Waals surface area contributed by atoms with Gasteiger partial charge >= 0.3 is 0 Å². The quantitative estimate of drug-likeness (QED) is 0.415. The van der Waals surface area contributed by atoms with E-state index in [9.17, 15) is 4.39 Å². The van der Waals surface area contributed by atoms with Crippen molar-refractivity contribution in [3.05, 3.63) is 84.2 Å². The molecule has 0 aliphatic heterocycles. The summed E-state index contributed by atoms with van der Waals surface area (Å²) in [5.41, 5.74) is 1.79. The molecule has 0 saturated heterocycles. The molecule has 0 spiro atoms. The molecule has 0 radical (unpaired) electrons. The maximum atomic E-state index is 13.8. The van der Waals surface area contributed by atoms with Crippen molar-refractivity contribution < 1.29 is 4.39 Å². The van der Waals surface area contributed by atoms with Gasteiger partial charge in [0, 0.05) is 0 Å². The Morgan fingerprint density at radius 3 is 2.22 bits per heavy atom. The second-order valence-electron chi connectivity index (χ2n) is 5.53. The molecular weight excluding hydrogens is 285 g/mol. The van der Waals surface area contributed by atoms with Crippen LogP contribution in [0.1, 0.15) is 5.56 Å². The number of hydrogen-bond acceptors (Lipinski definition) is 1. The molecular formula is C21H12FN.